The Labute approximate surface area is 148 Å². The molecule has 0 aromatic heterocycles. The quantitative estimate of drug-likeness (QED) is 0.562. The first-order valence-electron chi connectivity index (χ1n) is 8.53. The van der Waals surface area contributed by atoms with Gasteiger partial charge in [0, 0.05) is 23.1 Å². The maximum Gasteiger partial charge on any atom is 0.161 e. The zero-order valence-electron chi connectivity index (χ0n) is 14.6. The van der Waals surface area contributed by atoms with Crippen LogP contribution in [-0.4, -0.2) is 6.61 Å². The Hall–Kier alpha value is -2.60. The summed E-state index contributed by atoms with van der Waals surface area (Å²) in [6, 6.07) is 14.0. The predicted molar refractivity (Wildman–Crippen MR) is 98.7 cm³/mol. The van der Waals surface area contributed by atoms with Crippen molar-refractivity contribution in [3.63, 3.8) is 0 Å². The fourth-order valence-corrected chi connectivity index (χ4v) is 2.24. The van der Waals surface area contributed by atoms with Gasteiger partial charge in [-0.25, -0.2) is 8.78 Å². The molecule has 25 heavy (non-hydrogen) atoms. The van der Waals surface area contributed by atoms with Crippen LogP contribution in [0.5, 0.6) is 5.75 Å². The van der Waals surface area contributed by atoms with Crippen LogP contribution in [0, 0.1) is 11.8 Å². The normalized spacial score (nSPS) is 11.4. The van der Waals surface area contributed by atoms with Gasteiger partial charge in [0.1, 0.15) is 11.6 Å². The molecule has 3 heteroatoms. The molecule has 0 atom stereocenters. The van der Waals surface area contributed by atoms with Crippen LogP contribution in [0.4, 0.5) is 8.78 Å². The third-order valence-electron chi connectivity index (χ3n) is 3.64. The van der Waals surface area contributed by atoms with Gasteiger partial charge in [0.2, 0.25) is 0 Å². The molecule has 0 amide bonds. The van der Waals surface area contributed by atoms with Crippen molar-refractivity contribution in [2.75, 3.05) is 6.61 Å². The summed E-state index contributed by atoms with van der Waals surface area (Å²) in [5.41, 5.74) is 1.86. The van der Waals surface area contributed by atoms with Crippen molar-refractivity contribution in [1.29, 1.82) is 0 Å². The molecular weight excluding hydrogens is 318 g/mol. The van der Waals surface area contributed by atoms with E-state index in [-0.39, 0.29) is 12.0 Å². The van der Waals surface area contributed by atoms with Crippen molar-refractivity contribution in [1.82, 2.24) is 0 Å². The fourth-order valence-electron chi connectivity index (χ4n) is 2.24. The molecule has 2 rings (SSSR count). The topological polar surface area (TPSA) is 9.23 Å². The average Bonchev–Trinajstić information content (AvgIpc) is 2.65. The zero-order valence-corrected chi connectivity index (χ0v) is 14.6. The summed E-state index contributed by atoms with van der Waals surface area (Å²) in [6.07, 6.45) is 1.62. The summed E-state index contributed by atoms with van der Waals surface area (Å²) in [6.45, 7) is 4.51. The molecule has 2 aromatic carbocycles. The van der Waals surface area contributed by atoms with Gasteiger partial charge >= 0.3 is 0 Å². The maximum atomic E-state index is 14.0. The first-order chi connectivity index (χ1) is 12.1. The minimum atomic E-state index is -0.778. The molecule has 0 aliphatic carbocycles. The van der Waals surface area contributed by atoms with Gasteiger partial charge in [0.15, 0.2) is 5.83 Å². The molecule has 0 fully saturated rings. The van der Waals surface area contributed by atoms with E-state index in [2.05, 4.69) is 11.8 Å². The van der Waals surface area contributed by atoms with Gasteiger partial charge < -0.3 is 4.74 Å². The number of hydrogen-bond donors (Lipinski definition) is 0. The summed E-state index contributed by atoms with van der Waals surface area (Å²) in [5.74, 6) is 5.41. The third-order valence-corrected chi connectivity index (χ3v) is 3.64. The molecule has 2 aromatic rings. The fraction of sp³-hybridized carbons (Fsp3) is 0.273. The van der Waals surface area contributed by atoms with Crippen molar-refractivity contribution in [2.24, 2.45) is 0 Å². The second-order valence-corrected chi connectivity index (χ2v) is 5.61. The molecule has 1 nitrogen and oxygen atoms in total. The molecule has 0 N–H and O–H groups in total. The second-order valence-electron chi connectivity index (χ2n) is 5.61. The zero-order chi connectivity index (χ0) is 18.1. The van der Waals surface area contributed by atoms with Crippen molar-refractivity contribution in [3.05, 3.63) is 71.0 Å². The molecule has 0 aliphatic heterocycles. The molecule has 0 spiro atoms. The van der Waals surface area contributed by atoms with Crippen LogP contribution in [0.3, 0.4) is 0 Å². The van der Waals surface area contributed by atoms with Gasteiger partial charge in [-0.15, -0.1) is 0 Å². The van der Waals surface area contributed by atoms with E-state index in [9.17, 15) is 8.78 Å². The Morgan fingerprint density at radius 1 is 0.880 bits per heavy atom. The van der Waals surface area contributed by atoms with Crippen LogP contribution in [-0.2, 0) is 0 Å². The number of unbranched alkanes of at least 4 members (excludes halogenated alkanes) is 1. The number of allylic oxidation sites excluding steroid dienone is 1. The number of benzene rings is 2. The second kappa shape index (κ2) is 9.64. The van der Waals surface area contributed by atoms with Gasteiger partial charge in [0.25, 0.3) is 0 Å². The number of ether oxygens (including phenoxy) is 1. The molecule has 0 bridgehead atoms. The van der Waals surface area contributed by atoms with Crippen LogP contribution >= 0.6 is 0 Å². The monoisotopic (exact) mass is 340 g/mol. The van der Waals surface area contributed by atoms with E-state index in [4.69, 9.17) is 4.74 Å². The van der Waals surface area contributed by atoms with Crippen molar-refractivity contribution in [2.45, 2.75) is 33.1 Å². The Bertz CT molecular complexity index is 762. The number of hydrogen-bond acceptors (Lipinski definition) is 1. The highest BCUT2D eigenvalue weighted by Crippen LogP contribution is 2.25. The van der Waals surface area contributed by atoms with Gasteiger partial charge in [-0.2, -0.15) is 0 Å². The van der Waals surface area contributed by atoms with Crippen LogP contribution in [0.1, 0.15) is 49.8 Å². The Morgan fingerprint density at radius 2 is 1.44 bits per heavy atom. The predicted octanol–water partition coefficient (Wildman–Crippen LogP) is 6.28. The van der Waals surface area contributed by atoms with Crippen LogP contribution < -0.4 is 4.74 Å². The van der Waals surface area contributed by atoms with E-state index >= 15 is 0 Å². The van der Waals surface area contributed by atoms with E-state index in [0.29, 0.717) is 13.0 Å². The Morgan fingerprint density at radius 3 is 1.96 bits per heavy atom. The standard InChI is InChI=1S/C22H22F2O/c1-3-5-6-21(23)22(24)19-13-9-17(10-14-19)7-8-18-11-15-20(16-12-18)25-4-2/h9-16H,3-6H2,1-2H3/b22-21-. The van der Waals surface area contributed by atoms with Crippen molar-refractivity contribution in [3.8, 4) is 17.6 Å². The minimum absolute atomic E-state index is 0.141. The molecule has 0 saturated heterocycles. The molecule has 0 unspecified atom stereocenters. The average molecular weight is 340 g/mol. The maximum absolute atomic E-state index is 14.0. The van der Waals surface area contributed by atoms with E-state index in [1.807, 2.05) is 38.1 Å². The molecule has 0 heterocycles. The third kappa shape index (κ3) is 5.76. The lowest BCUT2D eigenvalue weighted by Crippen LogP contribution is -1.90. The highest BCUT2D eigenvalue weighted by molar-refractivity contribution is 5.62. The SMILES string of the molecule is CCCC/C(F)=C(/F)c1ccc(C#Cc2ccc(OCC)cc2)cc1. The highest BCUT2D eigenvalue weighted by Gasteiger charge is 2.08. The van der Waals surface area contributed by atoms with E-state index < -0.39 is 11.7 Å². The largest absolute Gasteiger partial charge is 0.494 e. The van der Waals surface area contributed by atoms with Gasteiger partial charge in [0.05, 0.1) is 6.61 Å². The van der Waals surface area contributed by atoms with E-state index in [0.717, 1.165) is 23.3 Å². The van der Waals surface area contributed by atoms with Gasteiger partial charge in [-0.3, -0.25) is 0 Å². The van der Waals surface area contributed by atoms with Gasteiger partial charge in [-0.1, -0.05) is 37.3 Å². The molecule has 0 aliphatic rings. The summed E-state index contributed by atoms with van der Waals surface area (Å²) in [5, 5.41) is 0. The lowest BCUT2D eigenvalue weighted by atomic mass is 10.1. The summed E-state index contributed by atoms with van der Waals surface area (Å²) >= 11 is 0. The van der Waals surface area contributed by atoms with Crippen LogP contribution in [0.15, 0.2) is 54.4 Å². The van der Waals surface area contributed by atoms with Crippen LogP contribution in [0.2, 0.25) is 0 Å². The summed E-state index contributed by atoms with van der Waals surface area (Å²) in [7, 11) is 0. The number of halogens is 2. The molecule has 0 saturated carbocycles. The summed E-state index contributed by atoms with van der Waals surface area (Å²) in [4.78, 5) is 0. The lowest BCUT2D eigenvalue weighted by molar-refractivity contribution is 0.340. The Balaban J connectivity index is 2.08. The molecule has 130 valence electrons. The smallest absolute Gasteiger partial charge is 0.161 e. The Kier molecular flexibility index (Phi) is 7.22. The first-order valence-corrected chi connectivity index (χ1v) is 8.53. The molecular formula is C22H22F2O. The lowest BCUT2D eigenvalue weighted by Gasteiger charge is -2.02. The van der Waals surface area contributed by atoms with Crippen LogP contribution in [0.25, 0.3) is 5.83 Å². The molecule has 0 radical (unpaired) electrons. The first kappa shape index (κ1) is 18.7. The highest BCUT2D eigenvalue weighted by atomic mass is 19.2. The van der Waals surface area contributed by atoms with E-state index in [1.54, 1.807) is 24.3 Å². The van der Waals surface area contributed by atoms with Crippen molar-refractivity contribution < 1.29 is 13.5 Å². The van der Waals surface area contributed by atoms with Gasteiger partial charge in [-0.05, 0) is 49.7 Å². The van der Waals surface area contributed by atoms with Crippen molar-refractivity contribution >= 4 is 5.83 Å². The van der Waals surface area contributed by atoms with E-state index in [1.165, 1.54) is 0 Å². The summed E-state index contributed by atoms with van der Waals surface area (Å²) < 4.78 is 33.1. The minimum Gasteiger partial charge on any atom is -0.494 e. The number of rotatable bonds is 6.